The van der Waals surface area contributed by atoms with Crippen molar-refractivity contribution in [2.75, 3.05) is 4.90 Å². The number of carbonyl (C=O) groups is 1. The molecule has 21 heavy (non-hydrogen) atoms. The highest BCUT2D eigenvalue weighted by molar-refractivity contribution is 5.93. The molecule has 2 aromatic carbocycles. The fourth-order valence-corrected chi connectivity index (χ4v) is 2.08. The summed E-state index contributed by atoms with van der Waals surface area (Å²) in [7, 11) is 0. The van der Waals surface area contributed by atoms with Crippen molar-refractivity contribution < 1.29 is 4.79 Å². The zero-order valence-electron chi connectivity index (χ0n) is 12.0. The Kier molecular flexibility index (Phi) is 4.74. The number of allylic oxidation sites excluding steroid dienone is 1. The minimum Gasteiger partial charge on any atom is -0.342 e. The molecule has 0 atom stereocenters. The van der Waals surface area contributed by atoms with Gasteiger partial charge in [0.1, 0.15) is 0 Å². The molecule has 4 nitrogen and oxygen atoms in total. The SMILES string of the molecule is C=C(C)N(Cc1ccc(C(=O)NN)cc1)c1ccccc1. The summed E-state index contributed by atoms with van der Waals surface area (Å²) in [5, 5.41) is 0. The number of carbonyl (C=O) groups excluding carboxylic acids is 1. The van der Waals surface area contributed by atoms with Crippen molar-refractivity contribution in [3.05, 3.63) is 78.0 Å². The van der Waals surface area contributed by atoms with Gasteiger partial charge in [-0.1, -0.05) is 36.9 Å². The maximum atomic E-state index is 11.4. The van der Waals surface area contributed by atoms with Crippen molar-refractivity contribution in [1.82, 2.24) is 5.43 Å². The highest BCUT2D eigenvalue weighted by Gasteiger charge is 2.09. The van der Waals surface area contributed by atoms with Crippen molar-refractivity contribution in [2.24, 2.45) is 5.84 Å². The second kappa shape index (κ2) is 6.72. The van der Waals surface area contributed by atoms with Crippen LogP contribution < -0.4 is 16.2 Å². The molecular formula is C17H19N3O. The molecule has 1 amide bonds. The molecule has 0 radical (unpaired) electrons. The summed E-state index contributed by atoms with van der Waals surface area (Å²) >= 11 is 0. The number of hydrogen-bond acceptors (Lipinski definition) is 3. The minimum absolute atomic E-state index is 0.290. The second-order valence-electron chi connectivity index (χ2n) is 4.83. The lowest BCUT2D eigenvalue weighted by atomic mass is 10.1. The summed E-state index contributed by atoms with van der Waals surface area (Å²) in [5.74, 6) is 4.83. The van der Waals surface area contributed by atoms with Crippen LogP contribution in [-0.4, -0.2) is 5.91 Å². The molecule has 3 N–H and O–H groups in total. The zero-order valence-corrected chi connectivity index (χ0v) is 12.0. The molecule has 0 unspecified atom stereocenters. The van der Waals surface area contributed by atoms with Crippen LogP contribution in [0.25, 0.3) is 0 Å². The van der Waals surface area contributed by atoms with E-state index in [-0.39, 0.29) is 5.91 Å². The van der Waals surface area contributed by atoms with E-state index in [0.29, 0.717) is 12.1 Å². The first-order valence-corrected chi connectivity index (χ1v) is 6.70. The predicted octanol–water partition coefficient (Wildman–Crippen LogP) is 2.83. The molecule has 0 saturated carbocycles. The Morgan fingerprint density at radius 3 is 2.29 bits per heavy atom. The van der Waals surface area contributed by atoms with Crippen LogP contribution in [0.2, 0.25) is 0 Å². The average Bonchev–Trinajstić information content (AvgIpc) is 2.53. The second-order valence-corrected chi connectivity index (χ2v) is 4.83. The highest BCUT2D eigenvalue weighted by Crippen LogP contribution is 2.20. The fourth-order valence-electron chi connectivity index (χ4n) is 2.08. The third kappa shape index (κ3) is 3.70. The Hall–Kier alpha value is -2.59. The van der Waals surface area contributed by atoms with Crippen LogP contribution in [0.4, 0.5) is 5.69 Å². The molecule has 0 aromatic heterocycles. The largest absolute Gasteiger partial charge is 0.342 e. The van der Waals surface area contributed by atoms with Crippen LogP contribution in [0.1, 0.15) is 22.8 Å². The number of hydrazine groups is 1. The summed E-state index contributed by atoms with van der Waals surface area (Å²) in [6.07, 6.45) is 0. The molecule has 0 heterocycles. The first-order chi connectivity index (χ1) is 10.1. The van der Waals surface area contributed by atoms with Gasteiger partial charge in [0, 0.05) is 23.5 Å². The van der Waals surface area contributed by atoms with Gasteiger partial charge in [0.05, 0.1) is 0 Å². The van der Waals surface area contributed by atoms with Gasteiger partial charge in [-0.3, -0.25) is 10.2 Å². The number of rotatable bonds is 5. The molecule has 2 rings (SSSR count). The first kappa shape index (κ1) is 14.8. The molecule has 0 bridgehead atoms. The van der Waals surface area contributed by atoms with E-state index < -0.39 is 0 Å². The topological polar surface area (TPSA) is 58.4 Å². The van der Waals surface area contributed by atoms with Crippen LogP contribution in [0.15, 0.2) is 66.9 Å². The van der Waals surface area contributed by atoms with Gasteiger partial charge >= 0.3 is 0 Å². The van der Waals surface area contributed by atoms with Crippen LogP contribution in [0.3, 0.4) is 0 Å². The fraction of sp³-hybridized carbons (Fsp3) is 0.118. The Morgan fingerprint density at radius 2 is 1.76 bits per heavy atom. The van der Waals surface area contributed by atoms with E-state index in [9.17, 15) is 4.79 Å². The summed E-state index contributed by atoms with van der Waals surface area (Å²) < 4.78 is 0. The Morgan fingerprint density at radius 1 is 1.14 bits per heavy atom. The zero-order chi connectivity index (χ0) is 15.2. The molecule has 4 heteroatoms. The number of nitrogens with zero attached hydrogens (tertiary/aromatic N) is 1. The maximum absolute atomic E-state index is 11.4. The lowest BCUT2D eigenvalue weighted by Crippen LogP contribution is -2.29. The number of benzene rings is 2. The van der Waals surface area contributed by atoms with E-state index in [2.05, 4.69) is 16.9 Å². The molecule has 0 aliphatic rings. The highest BCUT2D eigenvalue weighted by atomic mass is 16.2. The molecule has 0 saturated heterocycles. The Balaban J connectivity index is 2.18. The van der Waals surface area contributed by atoms with Crippen molar-refractivity contribution in [3.8, 4) is 0 Å². The predicted molar refractivity (Wildman–Crippen MR) is 85.5 cm³/mol. The Bertz CT molecular complexity index is 620. The van der Waals surface area contributed by atoms with Gasteiger partial charge in [-0.15, -0.1) is 0 Å². The third-order valence-corrected chi connectivity index (χ3v) is 3.22. The lowest BCUT2D eigenvalue weighted by Gasteiger charge is -2.25. The number of anilines is 1. The summed E-state index contributed by atoms with van der Waals surface area (Å²) in [6.45, 7) is 6.71. The van der Waals surface area contributed by atoms with Crippen molar-refractivity contribution in [3.63, 3.8) is 0 Å². The monoisotopic (exact) mass is 281 g/mol. The van der Waals surface area contributed by atoms with Gasteiger partial charge in [0.2, 0.25) is 0 Å². The van der Waals surface area contributed by atoms with Crippen LogP contribution in [0.5, 0.6) is 0 Å². The van der Waals surface area contributed by atoms with Crippen LogP contribution >= 0.6 is 0 Å². The van der Waals surface area contributed by atoms with Gasteiger partial charge in [0.25, 0.3) is 5.91 Å². The average molecular weight is 281 g/mol. The number of nitrogen functional groups attached to an aromatic ring is 1. The van der Waals surface area contributed by atoms with Gasteiger partial charge < -0.3 is 4.90 Å². The summed E-state index contributed by atoms with van der Waals surface area (Å²) in [4.78, 5) is 13.5. The van der Waals surface area contributed by atoms with E-state index in [1.54, 1.807) is 12.1 Å². The number of hydrogen-bond donors (Lipinski definition) is 2. The summed E-state index contributed by atoms with van der Waals surface area (Å²) in [5.41, 5.74) is 5.81. The number of nitrogens with one attached hydrogen (secondary N) is 1. The van der Waals surface area contributed by atoms with Crippen molar-refractivity contribution >= 4 is 11.6 Å². The van der Waals surface area contributed by atoms with E-state index in [1.807, 2.05) is 49.4 Å². The quantitative estimate of drug-likeness (QED) is 0.503. The summed E-state index contributed by atoms with van der Waals surface area (Å²) in [6, 6.07) is 17.4. The van der Waals surface area contributed by atoms with Crippen molar-refractivity contribution in [1.29, 1.82) is 0 Å². The van der Waals surface area contributed by atoms with Crippen LogP contribution in [-0.2, 0) is 6.54 Å². The first-order valence-electron chi connectivity index (χ1n) is 6.70. The van der Waals surface area contributed by atoms with Gasteiger partial charge in [-0.25, -0.2) is 5.84 Å². The van der Waals surface area contributed by atoms with E-state index in [4.69, 9.17) is 5.84 Å². The van der Waals surface area contributed by atoms with E-state index >= 15 is 0 Å². The normalized spacial score (nSPS) is 10.0. The molecule has 0 spiro atoms. The Labute approximate surface area is 124 Å². The number of amides is 1. The van der Waals surface area contributed by atoms with Gasteiger partial charge in [-0.05, 0) is 36.8 Å². The molecule has 0 aliphatic carbocycles. The smallest absolute Gasteiger partial charge is 0.265 e. The minimum atomic E-state index is -0.290. The van der Waals surface area contributed by atoms with Gasteiger partial charge in [-0.2, -0.15) is 0 Å². The number of nitrogens with two attached hydrogens (primary N) is 1. The van der Waals surface area contributed by atoms with E-state index in [0.717, 1.165) is 16.9 Å². The maximum Gasteiger partial charge on any atom is 0.265 e. The van der Waals surface area contributed by atoms with Crippen molar-refractivity contribution in [2.45, 2.75) is 13.5 Å². The standard InChI is InChI=1S/C17H19N3O/c1-13(2)20(16-6-4-3-5-7-16)12-14-8-10-15(11-9-14)17(21)19-18/h3-11H,1,12,18H2,2H3,(H,19,21). The third-order valence-electron chi connectivity index (χ3n) is 3.22. The molecule has 108 valence electrons. The number of para-hydroxylation sites is 1. The molecular weight excluding hydrogens is 262 g/mol. The lowest BCUT2D eigenvalue weighted by molar-refractivity contribution is 0.0953. The molecule has 2 aromatic rings. The molecule has 0 fully saturated rings. The van der Waals surface area contributed by atoms with Crippen LogP contribution in [0, 0.1) is 0 Å². The molecule has 0 aliphatic heterocycles. The van der Waals surface area contributed by atoms with E-state index in [1.165, 1.54) is 0 Å². The van der Waals surface area contributed by atoms with Gasteiger partial charge in [0.15, 0.2) is 0 Å².